The summed E-state index contributed by atoms with van der Waals surface area (Å²) < 4.78 is 4.78. The van der Waals surface area contributed by atoms with E-state index in [9.17, 15) is 9.59 Å². The zero-order valence-corrected chi connectivity index (χ0v) is 29.9. The Morgan fingerprint density at radius 2 is 1.30 bits per heavy atom. The Morgan fingerprint density at radius 3 is 1.83 bits per heavy atom. The molecule has 0 aliphatic heterocycles. The predicted octanol–water partition coefficient (Wildman–Crippen LogP) is 9.97. The Kier molecular flexibility index (Phi) is 22.7. The van der Waals surface area contributed by atoms with Gasteiger partial charge in [0, 0.05) is 25.2 Å². The zero-order chi connectivity index (χ0) is 34.0. The van der Waals surface area contributed by atoms with Crippen LogP contribution in [0.25, 0.3) is 11.1 Å². The first-order valence-corrected chi connectivity index (χ1v) is 17.7. The van der Waals surface area contributed by atoms with Crippen LogP contribution >= 0.6 is 0 Å². The summed E-state index contributed by atoms with van der Waals surface area (Å²) in [6.45, 7) is 18.8. The Labute approximate surface area is 281 Å². The van der Waals surface area contributed by atoms with Crippen molar-refractivity contribution in [2.24, 2.45) is 0 Å². The van der Waals surface area contributed by atoms with Crippen molar-refractivity contribution < 1.29 is 14.3 Å². The molecule has 0 aromatic heterocycles. The van der Waals surface area contributed by atoms with E-state index < -0.39 is 0 Å². The van der Waals surface area contributed by atoms with Crippen molar-refractivity contribution in [2.75, 3.05) is 33.3 Å². The summed E-state index contributed by atoms with van der Waals surface area (Å²) in [7, 11) is 1.41. The highest BCUT2D eigenvalue weighted by atomic mass is 16.5. The minimum absolute atomic E-state index is 0.0471. The summed E-state index contributed by atoms with van der Waals surface area (Å²) >= 11 is 0. The highest BCUT2D eigenvalue weighted by Crippen LogP contribution is 2.22. The highest BCUT2D eigenvalue weighted by Gasteiger charge is 2.18. The van der Waals surface area contributed by atoms with Gasteiger partial charge in [-0.15, -0.1) is 0 Å². The van der Waals surface area contributed by atoms with Gasteiger partial charge >= 0.3 is 5.97 Å². The maximum absolute atomic E-state index is 14.0. The quantitative estimate of drug-likeness (QED) is 0.0562. The fourth-order valence-electron chi connectivity index (χ4n) is 5.10. The number of carbonyl (C=O) groups excluding carboxylic acids is 2. The first-order valence-electron chi connectivity index (χ1n) is 17.7. The molecule has 0 fully saturated rings. The molecular formula is C41H62N2O3. The van der Waals surface area contributed by atoms with Gasteiger partial charge in [0.2, 0.25) is 0 Å². The number of esters is 1. The summed E-state index contributed by atoms with van der Waals surface area (Å²) in [5.41, 5.74) is 4.89. The third-order valence-electron chi connectivity index (χ3n) is 7.89. The van der Waals surface area contributed by atoms with Crippen LogP contribution < -0.4 is 0 Å². The van der Waals surface area contributed by atoms with Crippen LogP contribution in [0.2, 0.25) is 0 Å². The van der Waals surface area contributed by atoms with Crippen LogP contribution in [0.5, 0.6) is 0 Å². The number of nitrogens with zero attached hydrogens (tertiary/aromatic N) is 2. The fraction of sp³-hybridized carbons (Fsp3) is 0.512. The van der Waals surface area contributed by atoms with Gasteiger partial charge in [-0.05, 0) is 61.0 Å². The summed E-state index contributed by atoms with van der Waals surface area (Å²) in [5.74, 6) is -0.195. The molecule has 0 aliphatic carbocycles. The molecule has 2 aromatic rings. The monoisotopic (exact) mass is 630 g/mol. The van der Waals surface area contributed by atoms with Crippen LogP contribution in [0, 0.1) is 0 Å². The number of hydrogen-bond donors (Lipinski definition) is 0. The Balaban J connectivity index is 0.00000518. The molecule has 0 aliphatic rings. The second-order valence-corrected chi connectivity index (χ2v) is 11.5. The molecule has 0 saturated carbocycles. The van der Waals surface area contributed by atoms with Crippen LogP contribution in [0.3, 0.4) is 0 Å². The van der Waals surface area contributed by atoms with Crippen molar-refractivity contribution in [3.63, 3.8) is 0 Å². The van der Waals surface area contributed by atoms with Crippen molar-refractivity contribution in [2.45, 2.75) is 105 Å². The van der Waals surface area contributed by atoms with Gasteiger partial charge in [0.1, 0.15) is 0 Å². The van der Waals surface area contributed by atoms with E-state index >= 15 is 0 Å². The van der Waals surface area contributed by atoms with Crippen LogP contribution in [0.15, 0.2) is 85.0 Å². The molecule has 2 rings (SSSR count). The molecule has 46 heavy (non-hydrogen) atoms. The van der Waals surface area contributed by atoms with E-state index in [4.69, 9.17) is 4.74 Å². The first-order chi connectivity index (χ1) is 22.4. The molecule has 0 saturated heterocycles. The molecule has 0 N–H and O–H groups in total. The number of carbonyl (C=O) groups is 2. The molecule has 0 bridgehead atoms. The standard InChI is InChI=1S/C39H56N2O3.C2H6/c1-6-10-13-14-15-16-18-37(17-9-4)39(43)41(30-29-40(27-11-7-2)28-12-8-3)32-34-21-25-36(26-22-34)35-23-19-33(20-24-35)31-38(42)44-5;1-2/h9,16-26H,4,6-8,10-15,27-32H2,1-3,5H3;1-2H3/b18-16-,37-17+;. The van der Waals surface area contributed by atoms with Crippen molar-refractivity contribution >= 4 is 11.9 Å². The molecule has 0 unspecified atom stereocenters. The van der Waals surface area contributed by atoms with E-state index in [2.05, 4.69) is 62.6 Å². The third-order valence-corrected chi connectivity index (χ3v) is 7.89. The average molecular weight is 631 g/mol. The van der Waals surface area contributed by atoms with Crippen molar-refractivity contribution in [3.05, 3.63) is 96.1 Å². The molecule has 1 amide bonds. The topological polar surface area (TPSA) is 49.9 Å². The Hall–Kier alpha value is -3.44. The average Bonchev–Trinajstić information content (AvgIpc) is 3.09. The summed E-state index contributed by atoms with van der Waals surface area (Å²) in [6.07, 6.45) is 18.5. The molecule has 0 atom stereocenters. The minimum atomic E-state index is -0.242. The van der Waals surface area contributed by atoms with Crippen LogP contribution in [-0.4, -0.2) is 55.0 Å². The molecule has 2 aromatic carbocycles. The van der Waals surface area contributed by atoms with Crippen molar-refractivity contribution in [1.82, 2.24) is 9.80 Å². The summed E-state index contributed by atoms with van der Waals surface area (Å²) in [5, 5.41) is 0. The van der Waals surface area contributed by atoms with Gasteiger partial charge in [-0.2, -0.15) is 0 Å². The fourth-order valence-corrected chi connectivity index (χ4v) is 5.10. The van der Waals surface area contributed by atoms with Crippen LogP contribution in [0.4, 0.5) is 0 Å². The van der Waals surface area contributed by atoms with Crippen molar-refractivity contribution in [3.8, 4) is 11.1 Å². The maximum Gasteiger partial charge on any atom is 0.309 e. The number of amides is 1. The lowest BCUT2D eigenvalue weighted by atomic mass is 10.0. The van der Waals surface area contributed by atoms with Gasteiger partial charge in [-0.1, -0.05) is 146 Å². The van der Waals surface area contributed by atoms with Gasteiger partial charge in [-0.3, -0.25) is 9.59 Å². The van der Waals surface area contributed by atoms with E-state index in [1.807, 2.05) is 55.2 Å². The van der Waals surface area contributed by atoms with Gasteiger partial charge < -0.3 is 14.5 Å². The zero-order valence-electron chi connectivity index (χ0n) is 29.9. The third kappa shape index (κ3) is 16.2. The Bertz CT molecular complexity index is 1160. The lowest BCUT2D eigenvalue weighted by Crippen LogP contribution is -2.39. The summed E-state index contributed by atoms with van der Waals surface area (Å²) in [4.78, 5) is 30.1. The van der Waals surface area contributed by atoms with Gasteiger partial charge in [0.05, 0.1) is 13.5 Å². The van der Waals surface area contributed by atoms with E-state index in [1.165, 1.54) is 52.1 Å². The van der Waals surface area contributed by atoms with Crippen molar-refractivity contribution in [1.29, 1.82) is 0 Å². The number of ether oxygens (including phenoxy) is 1. The second-order valence-electron chi connectivity index (χ2n) is 11.5. The molecule has 0 heterocycles. The first kappa shape index (κ1) is 40.6. The highest BCUT2D eigenvalue weighted by molar-refractivity contribution is 5.96. The largest absolute Gasteiger partial charge is 0.469 e. The molecule has 0 spiro atoms. The maximum atomic E-state index is 14.0. The van der Waals surface area contributed by atoms with Gasteiger partial charge in [-0.25, -0.2) is 0 Å². The minimum Gasteiger partial charge on any atom is -0.469 e. The van der Waals surface area contributed by atoms with Crippen LogP contribution in [0.1, 0.15) is 104 Å². The van der Waals surface area contributed by atoms with Gasteiger partial charge in [0.15, 0.2) is 0 Å². The van der Waals surface area contributed by atoms with E-state index in [-0.39, 0.29) is 18.3 Å². The number of unbranched alkanes of at least 4 members (excludes halogenated alkanes) is 6. The van der Waals surface area contributed by atoms with E-state index in [0.29, 0.717) is 18.7 Å². The summed E-state index contributed by atoms with van der Waals surface area (Å²) in [6, 6.07) is 16.4. The molecule has 254 valence electrons. The number of methoxy groups -OCH3 is 1. The lowest BCUT2D eigenvalue weighted by molar-refractivity contribution is -0.139. The lowest BCUT2D eigenvalue weighted by Gasteiger charge is -2.28. The van der Waals surface area contributed by atoms with Gasteiger partial charge in [0.25, 0.3) is 5.91 Å². The van der Waals surface area contributed by atoms with Crippen LogP contribution in [-0.2, 0) is 27.3 Å². The second kappa shape index (κ2) is 25.7. The number of rotatable bonds is 22. The molecule has 5 heteroatoms. The molecule has 5 nitrogen and oxygen atoms in total. The predicted molar refractivity (Wildman–Crippen MR) is 197 cm³/mol. The van der Waals surface area contributed by atoms with E-state index in [0.717, 1.165) is 54.7 Å². The number of benzene rings is 2. The number of allylic oxidation sites excluding steroid dienone is 3. The normalized spacial score (nSPS) is 11.3. The Morgan fingerprint density at radius 1 is 0.739 bits per heavy atom. The van der Waals surface area contributed by atoms with E-state index in [1.54, 1.807) is 6.08 Å². The molecule has 0 radical (unpaired) electrons. The SMILES string of the molecule is C=C/C=C(\C=C/CCCCCC)C(=O)N(CCN(CCCC)CCCC)Cc1ccc(-c2ccc(CC(=O)OC)cc2)cc1.CC. The smallest absolute Gasteiger partial charge is 0.309 e. The molecular weight excluding hydrogens is 568 g/mol. The number of hydrogen-bond acceptors (Lipinski definition) is 4.